The van der Waals surface area contributed by atoms with E-state index in [0.29, 0.717) is 11.3 Å². The third kappa shape index (κ3) is 4.91. The van der Waals surface area contributed by atoms with Crippen molar-refractivity contribution in [3.05, 3.63) is 29.8 Å². The van der Waals surface area contributed by atoms with Crippen LogP contribution in [0.25, 0.3) is 0 Å². The van der Waals surface area contributed by atoms with E-state index in [1.807, 2.05) is 0 Å². The standard InChI is InChI=1S/C15H20N2O4/c1-9(18)16-11-7-5-10(6-8-11)13(19)17-12(14(20)21)15(2,3)4/h5-8,12H,1-4H3,(H,16,18)(H,17,19)(H,20,21). The summed E-state index contributed by atoms with van der Waals surface area (Å²) in [5, 5.41) is 14.3. The molecule has 1 atom stereocenters. The Morgan fingerprint density at radius 2 is 1.62 bits per heavy atom. The Morgan fingerprint density at radius 3 is 2.00 bits per heavy atom. The average molecular weight is 292 g/mol. The molecule has 0 spiro atoms. The lowest BCUT2D eigenvalue weighted by Crippen LogP contribution is -2.49. The van der Waals surface area contributed by atoms with Crippen LogP contribution in [0.15, 0.2) is 24.3 Å². The lowest BCUT2D eigenvalue weighted by atomic mass is 9.86. The van der Waals surface area contributed by atoms with Crippen molar-refractivity contribution < 1.29 is 19.5 Å². The summed E-state index contributed by atoms with van der Waals surface area (Å²) >= 11 is 0. The minimum absolute atomic E-state index is 0.203. The van der Waals surface area contributed by atoms with Gasteiger partial charge in [0.1, 0.15) is 6.04 Å². The van der Waals surface area contributed by atoms with Crippen LogP contribution in [0.1, 0.15) is 38.1 Å². The molecule has 0 bridgehead atoms. The zero-order valence-electron chi connectivity index (χ0n) is 12.6. The van der Waals surface area contributed by atoms with E-state index in [1.54, 1.807) is 32.9 Å². The van der Waals surface area contributed by atoms with Gasteiger partial charge in [0.25, 0.3) is 5.91 Å². The maximum Gasteiger partial charge on any atom is 0.326 e. The first-order valence-corrected chi connectivity index (χ1v) is 6.52. The number of carboxylic acid groups (broad SMARTS) is 1. The van der Waals surface area contributed by atoms with Gasteiger partial charge in [0.15, 0.2) is 0 Å². The Bertz CT molecular complexity index is 544. The molecule has 0 saturated carbocycles. The van der Waals surface area contributed by atoms with Crippen LogP contribution in [0.3, 0.4) is 0 Å². The van der Waals surface area contributed by atoms with Gasteiger partial charge in [-0.15, -0.1) is 0 Å². The summed E-state index contributed by atoms with van der Waals surface area (Å²) in [5.74, 6) is -1.75. The number of carbonyl (C=O) groups excluding carboxylic acids is 2. The lowest BCUT2D eigenvalue weighted by Gasteiger charge is -2.27. The molecule has 0 heterocycles. The van der Waals surface area contributed by atoms with Gasteiger partial charge >= 0.3 is 5.97 Å². The molecule has 0 aliphatic rings. The molecule has 6 nitrogen and oxygen atoms in total. The molecule has 0 aliphatic heterocycles. The van der Waals surface area contributed by atoms with Gasteiger partial charge in [-0.1, -0.05) is 20.8 Å². The quantitative estimate of drug-likeness (QED) is 0.789. The fourth-order valence-corrected chi connectivity index (χ4v) is 1.77. The third-order valence-corrected chi connectivity index (χ3v) is 2.86. The number of carbonyl (C=O) groups is 3. The molecule has 6 heteroatoms. The van der Waals surface area contributed by atoms with Crippen molar-refractivity contribution in [2.75, 3.05) is 5.32 Å². The van der Waals surface area contributed by atoms with Crippen LogP contribution in [0.2, 0.25) is 0 Å². The predicted octanol–water partition coefficient (Wildman–Crippen LogP) is 1.87. The van der Waals surface area contributed by atoms with Crippen molar-refractivity contribution in [1.82, 2.24) is 5.32 Å². The number of nitrogens with one attached hydrogen (secondary N) is 2. The minimum atomic E-state index is -1.08. The van der Waals surface area contributed by atoms with Gasteiger partial charge in [-0.25, -0.2) is 4.79 Å². The van der Waals surface area contributed by atoms with E-state index in [4.69, 9.17) is 0 Å². The summed E-state index contributed by atoms with van der Waals surface area (Å²) in [6.07, 6.45) is 0. The smallest absolute Gasteiger partial charge is 0.326 e. The molecule has 1 aromatic rings. The van der Waals surface area contributed by atoms with Crippen LogP contribution >= 0.6 is 0 Å². The van der Waals surface area contributed by atoms with Crippen LogP contribution in [-0.2, 0) is 9.59 Å². The van der Waals surface area contributed by atoms with Gasteiger partial charge in [0, 0.05) is 18.2 Å². The van der Waals surface area contributed by atoms with E-state index in [1.165, 1.54) is 19.1 Å². The first kappa shape index (κ1) is 16.7. The summed E-state index contributed by atoms with van der Waals surface area (Å²) in [6.45, 7) is 6.62. The first-order valence-electron chi connectivity index (χ1n) is 6.52. The number of hydrogen-bond acceptors (Lipinski definition) is 3. The number of carboxylic acids is 1. The number of amides is 2. The highest BCUT2D eigenvalue weighted by Gasteiger charge is 2.32. The molecular weight excluding hydrogens is 272 g/mol. The Hall–Kier alpha value is -2.37. The van der Waals surface area contributed by atoms with E-state index in [-0.39, 0.29) is 5.91 Å². The maximum absolute atomic E-state index is 12.1. The van der Waals surface area contributed by atoms with Gasteiger partial charge in [0.2, 0.25) is 5.91 Å². The van der Waals surface area contributed by atoms with Gasteiger partial charge < -0.3 is 15.7 Å². The molecular formula is C15H20N2O4. The summed E-state index contributed by atoms with van der Waals surface area (Å²) in [7, 11) is 0. The Morgan fingerprint density at radius 1 is 1.10 bits per heavy atom. The minimum Gasteiger partial charge on any atom is -0.480 e. The normalized spacial score (nSPS) is 12.4. The Labute approximate surface area is 123 Å². The predicted molar refractivity (Wildman–Crippen MR) is 79.1 cm³/mol. The summed E-state index contributed by atoms with van der Waals surface area (Å²) in [6, 6.07) is 5.25. The zero-order valence-corrected chi connectivity index (χ0v) is 12.6. The molecule has 0 aliphatic carbocycles. The molecule has 114 valence electrons. The monoisotopic (exact) mass is 292 g/mol. The van der Waals surface area contributed by atoms with Crippen molar-refractivity contribution in [3.63, 3.8) is 0 Å². The number of rotatable bonds is 4. The summed E-state index contributed by atoms with van der Waals surface area (Å²) in [5.41, 5.74) is 0.307. The second-order valence-electron chi connectivity index (χ2n) is 5.87. The van der Waals surface area contributed by atoms with Crippen LogP contribution in [0.5, 0.6) is 0 Å². The van der Waals surface area contributed by atoms with Crippen LogP contribution < -0.4 is 10.6 Å². The van der Waals surface area contributed by atoms with Gasteiger partial charge in [0.05, 0.1) is 0 Å². The molecule has 3 N–H and O–H groups in total. The van der Waals surface area contributed by atoms with Crippen molar-refractivity contribution >= 4 is 23.5 Å². The SMILES string of the molecule is CC(=O)Nc1ccc(C(=O)NC(C(=O)O)C(C)(C)C)cc1. The molecule has 1 rings (SSSR count). The molecule has 1 aromatic carbocycles. The van der Waals surface area contributed by atoms with Crippen LogP contribution in [-0.4, -0.2) is 28.9 Å². The summed E-state index contributed by atoms with van der Waals surface area (Å²) in [4.78, 5) is 34.2. The zero-order chi connectivity index (χ0) is 16.2. The lowest BCUT2D eigenvalue weighted by molar-refractivity contribution is -0.142. The van der Waals surface area contributed by atoms with Crippen LogP contribution in [0, 0.1) is 5.41 Å². The molecule has 1 unspecified atom stereocenters. The highest BCUT2D eigenvalue weighted by molar-refractivity contribution is 5.97. The molecule has 0 radical (unpaired) electrons. The maximum atomic E-state index is 12.1. The second kappa shape index (κ2) is 6.39. The fraction of sp³-hybridized carbons (Fsp3) is 0.400. The summed E-state index contributed by atoms with van der Waals surface area (Å²) < 4.78 is 0. The van der Waals surface area contributed by atoms with E-state index >= 15 is 0 Å². The number of benzene rings is 1. The van der Waals surface area contributed by atoms with Crippen molar-refractivity contribution in [1.29, 1.82) is 0 Å². The third-order valence-electron chi connectivity index (χ3n) is 2.86. The highest BCUT2D eigenvalue weighted by atomic mass is 16.4. The van der Waals surface area contributed by atoms with Gasteiger partial charge in [-0.2, -0.15) is 0 Å². The molecule has 2 amide bonds. The fourth-order valence-electron chi connectivity index (χ4n) is 1.77. The van der Waals surface area contributed by atoms with Crippen molar-refractivity contribution in [3.8, 4) is 0 Å². The van der Waals surface area contributed by atoms with Crippen molar-refractivity contribution in [2.45, 2.75) is 33.7 Å². The molecule has 0 fully saturated rings. The van der Waals surface area contributed by atoms with E-state index in [2.05, 4.69) is 10.6 Å². The topological polar surface area (TPSA) is 95.5 Å². The molecule has 21 heavy (non-hydrogen) atoms. The van der Waals surface area contributed by atoms with Crippen LogP contribution in [0.4, 0.5) is 5.69 Å². The van der Waals surface area contributed by atoms with E-state index < -0.39 is 23.3 Å². The number of hydrogen-bond donors (Lipinski definition) is 3. The van der Waals surface area contributed by atoms with Gasteiger partial charge in [-0.05, 0) is 29.7 Å². The molecule has 0 aromatic heterocycles. The molecule has 0 saturated heterocycles. The Kier molecular flexibility index (Phi) is 5.07. The second-order valence-corrected chi connectivity index (χ2v) is 5.87. The number of aliphatic carboxylic acids is 1. The van der Waals surface area contributed by atoms with E-state index in [0.717, 1.165) is 0 Å². The largest absolute Gasteiger partial charge is 0.480 e. The highest BCUT2D eigenvalue weighted by Crippen LogP contribution is 2.20. The first-order chi connectivity index (χ1) is 9.61. The van der Waals surface area contributed by atoms with Crippen molar-refractivity contribution in [2.24, 2.45) is 5.41 Å². The average Bonchev–Trinajstić information content (AvgIpc) is 2.34. The number of anilines is 1. The van der Waals surface area contributed by atoms with E-state index in [9.17, 15) is 19.5 Å². The van der Waals surface area contributed by atoms with Gasteiger partial charge in [-0.3, -0.25) is 9.59 Å². The Balaban J connectivity index is 2.84.